The Kier molecular flexibility index (Phi) is 4.55. The Morgan fingerprint density at radius 3 is 2.69 bits per heavy atom. The van der Waals surface area contributed by atoms with Crippen molar-refractivity contribution in [3.63, 3.8) is 0 Å². The van der Waals surface area contributed by atoms with E-state index in [0.717, 1.165) is 0 Å². The van der Waals surface area contributed by atoms with E-state index < -0.39 is 10.0 Å². The lowest BCUT2D eigenvalue weighted by molar-refractivity contribution is 0.585. The highest BCUT2D eigenvalue weighted by Crippen LogP contribution is 2.19. The molecular formula is C10H11BrClNO2S. The molecule has 0 aliphatic heterocycles. The van der Waals surface area contributed by atoms with Crippen molar-refractivity contribution < 1.29 is 8.42 Å². The predicted octanol–water partition coefficient (Wildman–Crippen LogP) is 2.84. The molecule has 0 saturated carbocycles. The van der Waals surface area contributed by atoms with Gasteiger partial charge in [0.1, 0.15) is 0 Å². The van der Waals surface area contributed by atoms with Gasteiger partial charge >= 0.3 is 0 Å². The van der Waals surface area contributed by atoms with Crippen LogP contribution in [-0.2, 0) is 10.0 Å². The Hall–Kier alpha value is -0.360. The van der Waals surface area contributed by atoms with Gasteiger partial charge in [-0.25, -0.2) is 13.1 Å². The molecule has 0 unspecified atom stereocenters. The molecule has 0 atom stereocenters. The minimum atomic E-state index is -3.50. The molecule has 88 valence electrons. The van der Waals surface area contributed by atoms with Crippen LogP contribution >= 0.6 is 27.5 Å². The average molecular weight is 325 g/mol. The van der Waals surface area contributed by atoms with E-state index >= 15 is 0 Å². The van der Waals surface area contributed by atoms with Crippen LogP contribution < -0.4 is 4.72 Å². The Labute approximate surface area is 109 Å². The van der Waals surface area contributed by atoms with Crippen LogP contribution in [0.5, 0.6) is 0 Å². The minimum Gasteiger partial charge on any atom is -0.207 e. The van der Waals surface area contributed by atoms with E-state index in [2.05, 4.69) is 27.2 Å². The highest BCUT2D eigenvalue weighted by molar-refractivity contribution is 9.11. The lowest BCUT2D eigenvalue weighted by atomic mass is 10.2. The summed E-state index contributed by atoms with van der Waals surface area (Å²) >= 11 is 8.84. The monoisotopic (exact) mass is 323 g/mol. The Balaban J connectivity index is 3.03. The molecule has 0 aliphatic rings. The zero-order valence-electron chi connectivity index (χ0n) is 8.63. The van der Waals surface area contributed by atoms with E-state index in [-0.39, 0.29) is 11.4 Å². The van der Waals surface area contributed by atoms with E-state index in [1.165, 1.54) is 6.07 Å². The number of sulfonamides is 1. The average Bonchev–Trinajstić information content (AvgIpc) is 2.14. The predicted molar refractivity (Wildman–Crippen MR) is 69.4 cm³/mol. The second kappa shape index (κ2) is 5.31. The zero-order chi connectivity index (χ0) is 12.3. The third-order valence-corrected chi connectivity index (χ3v) is 3.96. The first-order valence-electron chi connectivity index (χ1n) is 4.42. The van der Waals surface area contributed by atoms with Crippen molar-refractivity contribution in [3.8, 4) is 0 Å². The van der Waals surface area contributed by atoms with Gasteiger partial charge in [-0.3, -0.25) is 0 Å². The minimum absolute atomic E-state index is 0.157. The first kappa shape index (κ1) is 13.7. The van der Waals surface area contributed by atoms with Gasteiger partial charge in [0, 0.05) is 16.0 Å². The fourth-order valence-electron chi connectivity index (χ4n) is 1.17. The summed E-state index contributed by atoms with van der Waals surface area (Å²) in [5, 5.41) is 0.515. The Morgan fingerprint density at radius 1 is 1.56 bits per heavy atom. The summed E-state index contributed by atoms with van der Waals surface area (Å²) < 4.78 is 26.7. The molecular weight excluding hydrogens is 314 g/mol. The zero-order valence-corrected chi connectivity index (χ0v) is 11.8. The van der Waals surface area contributed by atoms with E-state index in [1.54, 1.807) is 19.1 Å². The van der Waals surface area contributed by atoms with E-state index in [4.69, 9.17) is 11.6 Å². The van der Waals surface area contributed by atoms with Crippen molar-refractivity contribution in [2.75, 3.05) is 6.54 Å². The normalized spacial score (nSPS) is 11.4. The largest absolute Gasteiger partial charge is 0.241 e. The standard InChI is InChI=1S/C10H11BrClNO2S/c1-7-5-9(12)3-4-10(7)16(14,15)13-6-8(2)11/h3-5,13H,2,6H2,1H3. The van der Waals surface area contributed by atoms with Gasteiger partial charge in [0.2, 0.25) is 10.0 Å². The van der Waals surface area contributed by atoms with Crippen molar-refractivity contribution in [1.29, 1.82) is 0 Å². The second-order valence-corrected chi connectivity index (χ2v) is 6.54. The van der Waals surface area contributed by atoms with E-state index in [9.17, 15) is 8.42 Å². The molecule has 0 heterocycles. The van der Waals surface area contributed by atoms with Crippen molar-refractivity contribution in [1.82, 2.24) is 4.72 Å². The second-order valence-electron chi connectivity index (χ2n) is 3.25. The summed E-state index contributed by atoms with van der Waals surface area (Å²) in [7, 11) is -3.50. The molecule has 0 saturated heterocycles. The Morgan fingerprint density at radius 2 is 2.19 bits per heavy atom. The van der Waals surface area contributed by atoms with Crippen LogP contribution in [0.4, 0.5) is 0 Å². The van der Waals surface area contributed by atoms with Gasteiger partial charge in [-0.15, -0.1) is 0 Å². The summed E-state index contributed by atoms with van der Waals surface area (Å²) in [4.78, 5) is 0.227. The molecule has 1 N–H and O–H groups in total. The lowest BCUT2D eigenvalue weighted by Crippen LogP contribution is -2.25. The fraction of sp³-hybridized carbons (Fsp3) is 0.200. The maximum absolute atomic E-state index is 11.9. The SMILES string of the molecule is C=C(Br)CNS(=O)(=O)c1ccc(Cl)cc1C. The van der Waals surface area contributed by atoms with E-state index in [1.807, 2.05) is 0 Å². The number of nitrogens with one attached hydrogen (secondary N) is 1. The van der Waals surface area contributed by atoms with Crippen LogP contribution in [0, 0.1) is 6.92 Å². The molecule has 1 rings (SSSR count). The molecule has 0 radical (unpaired) electrons. The third kappa shape index (κ3) is 3.59. The van der Waals surface area contributed by atoms with Gasteiger partial charge in [-0.1, -0.05) is 34.1 Å². The van der Waals surface area contributed by atoms with Crippen LogP contribution in [0.25, 0.3) is 0 Å². The van der Waals surface area contributed by atoms with Crippen molar-refractivity contribution >= 4 is 37.6 Å². The van der Waals surface area contributed by atoms with Crippen LogP contribution in [-0.4, -0.2) is 15.0 Å². The van der Waals surface area contributed by atoms with Crippen LogP contribution in [0.15, 0.2) is 34.2 Å². The maximum Gasteiger partial charge on any atom is 0.241 e. The molecule has 1 aromatic rings. The third-order valence-electron chi connectivity index (χ3n) is 1.88. The molecule has 3 nitrogen and oxygen atoms in total. The number of halogens is 2. The van der Waals surface area contributed by atoms with Gasteiger partial charge in [-0.05, 0) is 30.7 Å². The van der Waals surface area contributed by atoms with Gasteiger partial charge in [0.15, 0.2) is 0 Å². The van der Waals surface area contributed by atoms with Gasteiger partial charge in [-0.2, -0.15) is 0 Å². The van der Waals surface area contributed by atoms with Crippen LogP contribution in [0.3, 0.4) is 0 Å². The number of aryl methyl sites for hydroxylation is 1. The first-order chi connectivity index (χ1) is 7.33. The van der Waals surface area contributed by atoms with Crippen molar-refractivity contribution in [2.24, 2.45) is 0 Å². The molecule has 0 bridgehead atoms. The van der Waals surface area contributed by atoms with Crippen molar-refractivity contribution in [2.45, 2.75) is 11.8 Å². The van der Waals surface area contributed by atoms with Crippen LogP contribution in [0.2, 0.25) is 5.02 Å². The summed E-state index contributed by atoms with van der Waals surface area (Å²) in [6.07, 6.45) is 0. The highest BCUT2D eigenvalue weighted by Gasteiger charge is 2.16. The topological polar surface area (TPSA) is 46.2 Å². The quantitative estimate of drug-likeness (QED) is 0.925. The first-order valence-corrected chi connectivity index (χ1v) is 7.07. The van der Waals surface area contributed by atoms with Crippen molar-refractivity contribution in [3.05, 3.63) is 39.8 Å². The van der Waals surface area contributed by atoms with Gasteiger partial charge in [0.25, 0.3) is 0 Å². The van der Waals surface area contributed by atoms with E-state index in [0.29, 0.717) is 15.1 Å². The maximum atomic E-state index is 11.9. The highest BCUT2D eigenvalue weighted by atomic mass is 79.9. The Bertz CT molecular complexity index is 514. The molecule has 0 spiro atoms. The summed E-state index contributed by atoms with van der Waals surface area (Å²) in [6.45, 7) is 5.41. The smallest absolute Gasteiger partial charge is 0.207 e. The summed E-state index contributed by atoms with van der Waals surface area (Å²) in [6, 6.07) is 4.64. The fourth-order valence-corrected chi connectivity index (χ4v) is 2.97. The molecule has 0 amide bonds. The lowest BCUT2D eigenvalue weighted by Gasteiger charge is -2.08. The molecule has 0 aromatic heterocycles. The summed E-state index contributed by atoms with van der Waals surface area (Å²) in [5.74, 6) is 0. The number of benzene rings is 1. The van der Waals surface area contributed by atoms with Gasteiger partial charge in [0.05, 0.1) is 4.90 Å². The molecule has 6 heteroatoms. The molecule has 16 heavy (non-hydrogen) atoms. The number of rotatable bonds is 4. The molecule has 1 aromatic carbocycles. The molecule has 0 fully saturated rings. The van der Waals surface area contributed by atoms with Gasteiger partial charge < -0.3 is 0 Å². The summed E-state index contributed by atoms with van der Waals surface area (Å²) in [5.41, 5.74) is 0.611. The number of hydrogen-bond donors (Lipinski definition) is 1. The molecule has 0 aliphatic carbocycles. The van der Waals surface area contributed by atoms with Crippen LogP contribution in [0.1, 0.15) is 5.56 Å². The number of hydrogen-bond acceptors (Lipinski definition) is 2.